The topological polar surface area (TPSA) is 81.9 Å². The van der Waals surface area contributed by atoms with E-state index in [1.54, 1.807) is 13.8 Å². The van der Waals surface area contributed by atoms with Gasteiger partial charge in [0.2, 0.25) is 5.91 Å². The molecule has 186 valence electrons. The lowest BCUT2D eigenvalue weighted by Crippen LogP contribution is -2.31. The summed E-state index contributed by atoms with van der Waals surface area (Å²) in [6.07, 6.45) is -1.50. The highest BCUT2D eigenvalue weighted by Crippen LogP contribution is 2.38. The van der Waals surface area contributed by atoms with E-state index in [4.69, 9.17) is 9.47 Å². The third kappa shape index (κ3) is 4.51. The van der Waals surface area contributed by atoms with Gasteiger partial charge in [-0.2, -0.15) is 18.2 Å². The average Bonchev–Trinajstić information content (AvgIpc) is 3.41. The van der Waals surface area contributed by atoms with Crippen LogP contribution in [-0.4, -0.2) is 50.1 Å². The highest BCUT2D eigenvalue weighted by atomic mass is 19.4. The zero-order chi connectivity index (χ0) is 24.7. The first kappa shape index (κ1) is 23.4. The highest BCUT2D eigenvalue weighted by molar-refractivity contribution is 5.77. The first-order chi connectivity index (χ1) is 16.7. The number of hydrogen-bond donors (Lipinski definition) is 0. The molecule has 1 aromatic carbocycles. The molecule has 1 saturated heterocycles. The van der Waals surface area contributed by atoms with Gasteiger partial charge in [0.15, 0.2) is 11.5 Å². The second-order valence-corrected chi connectivity index (χ2v) is 8.91. The maximum absolute atomic E-state index is 13.2. The smallest absolute Gasteiger partial charge is 0.453 e. The van der Waals surface area contributed by atoms with Crippen molar-refractivity contribution in [2.45, 2.75) is 58.2 Å². The van der Waals surface area contributed by atoms with Crippen molar-refractivity contribution in [3.8, 4) is 11.5 Å². The van der Waals surface area contributed by atoms with Crippen molar-refractivity contribution in [2.75, 3.05) is 19.8 Å². The lowest BCUT2D eigenvalue weighted by Gasteiger charge is -2.26. The SMILES string of the molecule is Cc1nc2nc(C(F)(F)F)nn2c(C)c1CCC(=O)N1CCC[C@H]1c1ccc2c(c1)OCCCO2. The van der Waals surface area contributed by atoms with Gasteiger partial charge in [-0.1, -0.05) is 6.07 Å². The number of aromatic nitrogens is 4. The number of carbonyl (C=O) groups excluding carboxylic acids is 1. The van der Waals surface area contributed by atoms with E-state index in [-0.39, 0.29) is 24.1 Å². The first-order valence-corrected chi connectivity index (χ1v) is 11.7. The van der Waals surface area contributed by atoms with Crippen molar-refractivity contribution in [2.24, 2.45) is 0 Å². The third-order valence-corrected chi connectivity index (χ3v) is 6.62. The van der Waals surface area contributed by atoms with Gasteiger partial charge in [-0.15, -0.1) is 5.10 Å². The summed E-state index contributed by atoms with van der Waals surface area (Å²) in [5.74, 6) is 0.0917. The Balaban J connectivity index is 1.33. The number of fused-ring (bicyclic) bond motifs is 2. The number of ether oxygens (including phenoxy) is 2. The molecule has 1 amide bonds. The lowest BCUT2D eigenvalue weighted by atomic mass is 10.0. The molecule has 5 rings (SSSR count). The van der Waals surface area contributed by atoms with E-state index >= 15 is 0 Å². The first-order valence-electron chi connectivity index (χ1n) is 11.7. The van der Waals surface area contributed by atoms with Crippen LogP contribution >= 0.6 is 0 Å². The van der Waals surface area contributed by atoms with E-state index in [9.17, 15) is 18.0 Å². The normalized spacial score (nSPS) is 18.2. The maximum atomic E-state index is 13.2. The summed E-state index contributed by atoms with van der Waals surface area (Å²) < 4.78 is 51.8. The molecule has 0 saturated carbocycles. The van der Waals surface area contributed by atoms with Crippen LogP contribution in [0, 0.1) is 13.8 Å². The summed E-state index contributed by atoms with van der Waals surface area (Å²) >= 11 is 0. The number of nitrogens with zero attached hydrogens (tertiary/aromatic N) is 5. The number of amides is 1. The standard InChI is InChI=1S/C24H26F3N5O3/c1-14-17(15(2)32-23(28-14)29-22(30-32)24(25,26)27)7-9-21(33)31-10-3-5-18(31)16-6-8-19-20(13-16)35-12-4-11-34-19/h6,8,13,18H,3-5,7,9-12H2,1-2H3/t18-/m0/s1. The van der Waals surface area contributed by atoms with Gasteiger partial charge < -0.3 is 14.4 Å². The molecule has 0 aliphatic carbocycles. The van der Waals surface area contributed by atoms with Gasteiger partial charge in [-0.3, -0.25) is 4.79 Å². The Kier molecular flexibility index (Phi) is 6.02. The monoisotopic (exact) mass is 489 g/mol. The molecule has 0 unspecified atom stereocenters. The number of carbonyl (C=O) groups is 1. The van der Waals surface area contributed by atoms with Crippen molar-refractivity contribution in [3.05, 3.63) is 46.5 Å². The van der Waals surface area contributed by atoms with Crippen LogP contribution in [0.15, 0.2) is 18.2 Å². The third-order valence-electron chi connectivity index (χ3n) is 6.62. The minimum absolute atomic E-state index is 0.00641. The second-order valence-electron chi connectivity index (χ2n) is 8.91. The number of halogens is 3. The molecule has 1 atom stereocenters. The fourth-order valence-corrected chi connectivity index (χ4v) is 4.86. The molecule has 2 aliphatic rings. The molecule has 0 radical (unpaired) electrons. The Bertz CT molecular complexity index is 1270. The quantitative estimate of drug-likeness (QED) is 0.546. The van der Waals surface area contributed by atoms with Crippen LogP contribution in [-0.2, 0) is 17.4 Å². The van der Waals surface area contributed by atoms with Crippen LogP contribution in [0.3, 0.4) is 0 Å². The van der Waals surface area contributed by atoms with E-state index in [2.05, 4.69) is 15.1 Å². The number of alkyl halides is 3. The zero-order valence-electron chi connectivity index (χ0n) is 19.6. The van der Waals surface area contributed by atoms with Crippen molar-refractivity contribution < 1.29 is 27.4 Å². The van der Waals surface area contributed by atoms with E-state index in [0.717, 1.165) is 35.1 Å². The molecule has 0 N–H and O–H groups in total. The number of benzene rings is 1. The summed E-state index contributed by atoms with van der Waals surface area (Å²) in [6.45, 7) is 5.26. The number of rotatable bonds is 4. The van der Waals surface area contributed by atoms with Gasteiger partial charge in [-0.25, -0.2) is 9.50 Å². The maximum Gasteiger partial charge on any atom is 0.453 e. The summed E-state index contributed by atoms with van der Waals surface area (Å²) in [6, 6.07) is 5.80. The van der Waals surface area contributed by atoms with Gasteiger partial charge in [-0.05, 0) is 56.4 Å². The fourth-order valence-electron chi connectivity index (χ4n) is 4.86. The van der Waals surface area contributed by atoms with Crippen LogP contribution in [0.4, 0.5) is 13.2 Å². The van der Waals surface area contributed by atoms with Crippen molar-refractivity contribution in [3.63, 3.8) is 0 Å². The zero-order valence-corrected chi connectivity index (χ0v) is 19.6. The van der Waals surface area contributed by atoms with Crippen LogP contribution < -0.4 is 9.47 Å². The molecule has 0 spiro atoms. The predicted octanol–water partition coefficient (Wildman–Crippen LogP) is 4.22. The molecule has 35 heavy (non-hydrogen) atoms. The Morgan fingerprint density at radius 2 is 1.89 bits per heavy atom. The molecule has 0 bridgehead atoms. The van der Waals surface area contributed by atoms with Crippen molar-refractivity contribution in [1.82, 2.24) is 24.5 Å². The Morgan fingerprint density at radius 3 is 2.66 bits per heavy atom. The lowest BCUT2D eigenvalue weighted by molar-refractivity contribution is -0.144. The average molecular weight is 489 g/mol. The van der Waals surface area contributed by atoms with E-state index < -0.39 is 12.0 Å². The van der Waals surface area contributed by atoms with E-state index in [0.29, 0.717) is 48.9 Å². The molecule has 11 heteroatoms. The molecular formula is C24H26F3N5O3. The van der Waals surface area contributed by atoms with E-state index in [1.165, 1.54) is 0 Å². The molecule has 4 heterocycles. The Labute approximate surface area is 200 Å². The number of likely N-dealkylation sites (tertiary alicyclic amines) is 1. The summed E-state index contributed by atoms with van der Waals surface area (Å²) in [7, 11) is 0. The van der Waals surface area contributed by atoms with Gasteiger partial charge in [0.1, 0.15) is 0 Å². The van der Waals surface area contributed by atoms with Gasteiger partial charge in [0.25, 0.3) is 11.6 Å². The Morgan fingerprint density at radius 1 is 1.11 bits per heavy atom. The van der Waals surface area contributed by atoms with Crippen molar-refractivity contribution in [1.29, 1.82) is 0 Å². The number of hydrogen-bond acceptors (Lipinski definition) is 6. The molecule has 1 fully saturated rings. The summed E-state index contributed by atoms with van der Waals surface area (Å²) in [5, 5.41) is 3.58. The van der Waals surface area contributed by atoms with E-state index in [1.807, 2.05) is 23.1 Å². The highest BCUT2D eigenvalue weighted by Gasteiger charge is 2.37. The molecule has 3 aromatic rings. The van der Waals surface area contributed by atoms with Gasteiger partial charge in [0.05, 0.1) is 19.3 Å². The minimum atomic E-state index is -4.65. The Hall–Kier alpha value is -3.37. The van der Waals surface area contributed by atoms with Crippen LogP contribution in [0.5, 0.6) is 11.5 Å². The molecule has 8 nitrogen and oxygen atoms in total. The second kappa shape index (κ2) is 9.01. The predicted molar refractivity (Wildman–Crippen MR) is 119 cm³/mol. The van der Waals surface area contributed by atoms with Crippen LogP contribution in [0.1, 0.15) is 60.1 Å². The molecular weight excluding hydrogens is 463 g/mol. The molecule has 2 aromatic heterocycles. The van der Waals surface area contributed by atoms with Gasteiger partial charge >= 0.3 is 6.18 Å². The fraction of sp³-hybridized carbons (Fsp3) is 0.500. The number of aryl methyl sites for hydroxylation is 2. The molecule has 2 aliphatic heterocycles. The summed E-state index contributed by atoms with van der Waals surface area (Å²) in [4.78, 5) is 22.8. The largest absolute Gasteiger partial charge is 0.490 e. The van der Waals surface area contributed by atoms with Crippen LogP contribution in [0.25, 0.3) is 5.78 Å². The van der Waals surface area contributed by atoms with Crippen LogP contribution in [0.2, 0.25) is 0 Å². The van der Waals surface area contributed by atoms with Gasteiger partial charge in [0, 0.05) is 30.8 Å². The summed E-state index contributed by atoms with van der Waals surface area (Å²) in [5.41, 5.74) is 2.77. The van der Waals surface area contributed by atoms with Crippen molar-refractivity contribution >= 4 is 11.7 Å². The minimum Gasteiger partial charge on any atom is -0.490 e.